The maximum absolute atomic E-state index is 5.84. The Morgan fingerprint density at radius 3 is 2.75 bits per heavy atom. The molecule has 2 rings (SSSR count). The van der Waals surface area contributed by atoms with Crippen LogP contribution in [0.5, 0.6) is 5.75 Å². The van der Waals surface area contributed by atoms with Crippen LogP contribution in [0, 0.1) is 0 Å². The monoisotopic (exact) mass is 275 g/mol. The average Bonchev–Trinajstić information content (AvgIpc) is 2.94. The maximum atomic E-state index is 5.84. The number of furan rings is 1. The van der Waals surface area contributed by atoms with Gasteiger partial charge in [0.05, 0.1) is 18.7 Å². The molecule has 1 aromatic heterocycles. The highest BCUT2D eigenvalue weighted by Gasteiger charge is 2.10. The van der Waals surface area contributed by atoms with Gasteiger partial charge in [0.15, 0.2) is 0 Å². The third kappa shape index (κ3) is 3.85. The molecule has 0 amide bonds. The summed E-state index contributed by atoms with van der Waals surface area (Å²) >= 11 is 0. The first-order valence-corrected chi connectivity index (χ1v) is 6.85. The van der Waals surface area contributed by atoms with E-state index in [9.17, 15) is 0 Å². The number of hydrogen-bond donors (Lipinski definition) is 1. The van der Waals surface area contributed by atoms with Crippen molar-refractivity contribution in [1.29, 1.82) is 0 Å². The van der Waals surface area contributed by atoms with Gasteiger partial charge in [-0.15, -0.1) is 0 Å². The molecule has 0 aliphatic carbocycles. The van der Waals surface area contributed by atoms with Crippen molar-refractivity contribution in [3.05, 3.63) is 42.2 Å². The second-order valence-electron chi connectivity index (χ2n) is 4.38. The smallest absolute Gasteiger partial charge is 0.138 e. The molecule has 0 fully saturated rings. The topological polar surface area (TPSA) is 43.6 Å². The van der Waals surface area contributed by atoms with Gasteiger partial charge in [0.2, 0.25) is 0 Å². The van der Waals surface area contributed by atoms with E-state index in [1.54, 1.807) is 7.11 Å². The van der Waals surface area contributed by atoms with Crippen LogP contribution in [0.1, 0.15) is 12.7 Å². The Labute approximate surface area is 119 Å². The van der Waals surface area contributed by atoms with Crippen molar-refractivity contribution in [3.63, 3.8) is 0 Å². The molecule has 0 aliphatic heterocycles. The molecule has 20 heavy (non-hydrogen) atoms. The van der Waals surface area contributed by atoms with Crippen molar-refractivity contribution in [2.45, 2.75) is 13.5 Å². The molecular formula is C16H21NO3. The average molecular weight is 275 g/mol. The van der Waals surface area contributed by atoms with Gasteiger partial charge in [0.25, 0.3) is 0 Å². The van der Waals surface area contributed by atoms with Crippen molar-refractivity contribution < 1.29 is 13.9 Å². The van der Waals surface area contributed by atoms with Crippen LogP contribution in [-0.2, 0) is 11.3 Å². The highest BCUT2D eigenvalue weighted by molar-refractivity contribution is 5.65. The minimum atomic E-state index is 0.526. The van der Waals surface area contributed by atoms with Gasteiger partial charge in [-0.3, -0.25) is 0 Å². The van der Waals surface area contributed by atoms with Gasteiger partial charge in [-0.2, -0.15) is 0 Å². The van der Waals surface area contributed by atoms with E-state index in [1.807, 2.05) is 36.4 Å². The Morgan fingerprint density at radius 2 is 1.95 bits per heavy atom. The standard InChI is InChI=1S/C16H21NO3/c1-3-17-12-13-8-9-16(20-13)14-6-4-5-7-15(14)19-11-10-18-2/h4-9,17H,3,10-12H2,1-2H3. The molecule has 2 aromatic rings. The highest BCUT2D eigenvalue weighted by atomic mass is 16.5. The van der Waals surface area contributed by atoms with Gasteiger partial charge in [-0.05, 0) is 30.8 Å². The molecule has 0 saturated heterocycles. The summed E-state index contributed by atoms with van der Waals surface area (Å²) in [5.41, 5.74) is 0.964. The fraction of sp³-hybridized carbons (Fsp3) is 0.375. The number of hydrogen-bond acceptors (Lipinski definition) is 4. The molecule has 0 atom stereocenters. The second kappa shape index (κ2) is 7.72. The zero-order valence-electron chi connectivity index (χ0n) is 12.0. The molecule has 1 heterocycles. The summed E-state index contributed by atoms with van der Waals surface area (Å²) in [5, 5.41) is 3.24. The molecule has 0 radical (unpaired) electrons. The summed E-state index contributed by atoms with van der Waals surface area (Å²) in [6.45, 7) is 4.83. The van der Waals surface area contributed by atoms with E-state index in [2.05, 4.69) is 12.2 Å². The van der Waals surface area contributed by atoms with Crippen LogP contribution in [0.2, 0.25) is 0 Å². The van der Waals surface area contributed by atoms with Crippen LogP contribution in [0.4, 0.5) is 0 Å². The zero-order chi connectivity index (χ0) is 14.2. The van der Waals surface area contributed by atoms with Gasteiger partial charge < -0.3 is 19.2 Å². The van der Waals surface area contributed by atoms with E-state index in [1.165, 1.54) is 0 Å². The Balaban J connectivity index is 2.12. The number of ether oxygens (including phenoxy) is 2. The van der Waals surface area contributed by atoms with Gasteiger partial charge in [-0.25, -0.2) is 0 Å². The molecule has 1 N–H and O–H groups in total. The molecule has 0 unspecified atom stereocenters. The van der Waals surface area contributed by atoms with Crippen molar-refractivity contribution in [2.75, 3.05) is 26.9 Å². The molecular weight excluding hydrogens is 254 g/mol. The van der Waals surface area contributed by atoms with Crippen LogP contribution < -0.4 is 10.1 Å². The van der Waals surface area contributed by atoms with E-state index in [4.69, 9.17) is 13.9 Å². The molecule has 0 bridgehead atoms. The summed E-state index contributed by atoms with van der Waals surface area (Å²) in [6.07, 6.45) is 0. The largest absolute Gasteiger partial charge is 0.490 e. The van der Waals surface area contributed by atoms with Crippen LogP contribution in [0.25, 0.3) is 11.3 Å². The third-order valence-corrected chi connectivity index (χ3v) is 2.91. The lowest BCUT2D eigenvalue weighted by Crippen LogP contribution is -2.10. The SMILES string of the molecule is CCNCc1ccc(-c2ccccc2OCCOC)o1. The Bertz CT molecular complexity index is 522. The zero-order valence-corrected chi connectivity index (χ0v) is 12.0. The fourth-order valence-electron chi connectivity index (χ4n) is 1.90. The molecule has 4 heteroatoms. The lowest BCUT2D eigenvalue weighted by molar-refractivity contribution is 0.146. The first-order chi connectivity index (χ1) is 9.85. The van der Waals surface area contributed by atoms with E-state index in [0.29, 0.717) is 13.2 Å². The Morgan fingerprint density at radius 1 is 1.10 bits per heavy atom. The van der Waals surface area contributed by atoms with Gasteiger partial charge in [0.1, 0.15) is 23.9 Å². The maximum Gasteiger partial charge on any atom is 0.138 e. The minimum Gasteiger partial charge on any atom is -0.490 e. The van der Waals surface area contributed by atoms with Gasteiger partial charge in [-0.1, -0.05) is 19.1 Å². The lowest BCUT2D eigenvalue weighted by atomic mass is 10.1. The van der Waals surface area contributed by atoms with E-state index in [-0.39, 0.29) is 0 Å². The first kappa shape index (κ1) is 14.6. The summed E-state index contributed by atoms with van der Waals surface area (Å²) in [6, 6.07) is 11.8. The fourth-order valence-corrected chi connectivity index (χ4v) is 1.90. The molecule has 0 aliphatic rings. The van der Waals surface area contributed by atoms with Crippen LogP contribution in [0.15, 0.2) is 40.8 Å². The van der Waals surface area contributed by atoms with E-state index < -0.39 is 0 Å². The number of methoxy groups -OCH3 is 1. The third-order valence-electron chi connectivity index (χ3n) is 2.91. The van der Waals surface area contributed by atoms with Gasteiger partial charge in [0, 0.05) is 7.11 Å². The molecule has 4 nitrogen and oxygen atoms in total. The summed E-state index contributed by atoms with van der Waals surface area (Å²) in [7, 11) is 1.66. The normalized spacial score (nSPS) is 10.7. The minimum absolute atomic E-state index is 0.526. The number of para-hydroxylation sites is 1. The second-order valence-corrected chi connectivity index (χ2v) is 4.38. The van der Waals surface area contributed by atoms with Crippen LogP contribution in [0.3, 0.4) is 0 Å². The van der Waals surface area contributed by atoms with E-state index in [0.717, 1.165) is 35.9 Å². The molecule has 108 valence electrons. The molecule has 1 aromatic carbocycles. The van der Waals surface area contributed by atoms with Crippen LogP contribution in [-0.4, -0.2) is 26.9 Å². The summed E-state index contributed by atoms with van der Waals surface area (Å²) < 4.78 is 16.6. The summed E-state index contributed by atoms with van der Waals surface area (Å²) in [5.74, 6) is 2.56. The predicted molar refractivity (Wildman–Crippen MR) is 78.9 cm³/mol. The lowest BCUT2D eigenvalue weighted by Gasteiger charge is -2.09. The first-order valence-electron chi connectivity index (χ1n) is 6.85. The summed E-state index contributed by atoms with van der Waals surface area (Å²) in [4.78, 5) is 0. The van der Waals surface area contributed by atoms with Crippen LogP contribution >= 0.6 is 0 Å². The number of rotatable bonds is 8. The molecule has 0 spiro atoms. The number of nitrogens with one attached hydrogen (secondary N) is 1. The highest BCUT2D eigenvalue weighted by Crippen LogP contribution is 2.31. The number of benzene rings is 1. The van der Waals surface area contributed by atoms with Gasteiger partial charge >= 0.3 is 0 Å². The Kier molecular flexibility index (Phi) is 5.65. The quantitative estimate of drug-likeness (QED) is 0.752. The Hall–Kier alpha value is -1.78. The predicted octanol–water partition coefficient (Wildman–Crippen LogP) is 3.08. The van der Waals surface area contributed by atoms with Crippen molar-refractivity contribution in [2.24, 2.45) is 0 Å². The van der Waals surface area contributed by atoms with Crippen molar-refractivity contribution in [3.8, 4) is 17.1 Å². The van der Waals surface area contributed by atoms with E-state index >= 15 is 0 Å². The van der Waals surface area contributed by atoms with Crippen molar-refractivity contribution in [1.82, 2.24) is 5.32 Å². The molecule has 0 saturated carbocycles. The van der Waals surface area contributed by atoms with Crippen molar-refractivity contribution >= 4 is 0 Å².